The van der Waals surface area contributed by atoms with Crippen LogP contribution in [0.15, 0.2) is 4.99 Å². The van der Waals surface area contributed by atoms with Gasteiger partial charge >= 0.3 is 5.66 Å². The van der Waals surface area contributed by atoms with Crippen LogP contribution in [-0.2, 0) is 0 Å². The maximum absolute atomic E-state index is 4.37. The van der Waals surface area contributed by atoms with Gasteiger partial charge < -0.3 is 0 Å². The lowest BCUT2D eigenvalue weighted by Gasteiger charge is -2.09. The van der Waals surface area contributed by atoms with E-state index in [2.05, 4.69) is 33.6 Å². The second kappa shape index (κ2) is 6.34. The molecule has 0 spiro atoms. The first kappa shape index (κ1) is 16.3. The summed E-state index contributed by atoms with van der Waals surface area (Å²) in [6, 6.07) is 3.04. The third kappa shape index (κ3) is 3.16. The Bertz CT molecular complexity index is 307. The molecule has 15 heavy (non-hydrogen) atoms. The Balaban J connectivity index is 0. The van der Waals surface area contributed by atoms with Crippen LogP contribution in [0.4, 0.5) is 0 Å². The van der Waals surface area contributed by atoms with Gasteiger partial charge in [-0.15, -0.1) is 0 Å². The van der Waals surface area contributed by atoms with E-state index in [1.54, 1.807) is 0 Å². The third-order valence-corrected chi connectivity index (χ3v) is 2.35. The van der Waals surface area contributed by atoms with Crippen LogP contribution < -0.4 is 0 Å². The molecule has 0 saturated heterocycles. The average molecular weight is 211 g/mol. The Morgan fingerprint density at radius 3 is 2.87 bits per heavy atom. The molecule has 0 bridgehead atoms. The molecule has 0 aliphatic carbocycles. The number of nitrogens with zero attached hydrogens (tertiary/aromatic N) is 3. The summed E-state index contributed by atoms with van der Waals surface area (Å²) in [6.45, 7) is 3.90. The Labute approximate surface area is 94.4 Å². The van der Waals surface area contributed by atoms with Crippen molar-refractivity contribution < 1.29 is 4.58 Å². The lowest BCUT2D eigenvalue weighted by molar-refractivity contribution is -0.587. The van der Waals surface area contributed by atoms with Crippen LogP contribution in [0.25, 0.3) is 4.85 Å². The van der Waals surface area contributed by atoms with Gasteiger partial charge in [0.2, 0.25) is 0 Å². The molecule has 2 heterocycles. The van der Waals surface area contributed by atoms with Crippen molar-refractivity contribution in [2.45, 2.75) is 47.7 Å². The van der Waals surface area contributed by atoms with E-state index in [1.165, 1.54) is 0 Å². The lowest BCUT2D eigenvalue weighted by atomic mass is 10.1. The highest BCUT2D eigenvalue weighted by molar-refractivity contribution is 5.77. The van der Waals surface area contributed by atoms with Crippen molar-refractivity contribution in [3.05, 3.63) is 4.85 Å². The predicted octanol–water partition coefficient (Wildman–Crippen LogP) is 2.91. The quantitative estimate of drug-likeness (QED) is 0.549. The molecule has 0 N–H and O–H groups in total. The molecule has 1 atom stereocenters. The van der Waals surface area contributed by atoms with Crippen molar-refractivity contribution in [3.8, 4) is 6.07 Å². The van der Waals surface area contributed by atoms with Crippen LogP contribution in [0, 0.1) is 6.07 Å². The van der Waals surface area contributed by atoms with E-state index in [0.717, 1.165) is 25.9 Å². The fraction of sp³-hybridized carbons (Fsp3) is 0.750. The van der Waals surface area contributed by atoms with Crippen LogP contribution in [0.1, 0.15) is 42.0 Å². The van der Waals surface area contributed by atoms with E-state index in [4.69, 9.17) is 0 Å². The molecular formula is C12H25N3+2. The summed E-state index contributed by atoms with van der Waals surface area (Å²) in [6.07, 6.45) is 6.01. The van der Waals surface area contributed by atoms with Crippen LogP contribution in [0.5, 0.6) is 0 Å². The molecule has 2 rings (SSSR count). The number of rotatable bonds is 0. The smallest absolute Gasteiger partial charge is 0.280 e. The molecule has 0 aromatic rings. The Hall–Kier alpha value is -1.17. The maximum atomic E-state index is 4.37. The summed E-state index contributed by atoms with van der Waals surface area (Å²) in [7, 11) is 0. The van der Waals surface area contributed by atoms with E-state index in [-0.39, 0.29) is 27.9 Å². The van der Waals surface area contributed by atoms with Gasteiger partial charge in [0.15, 0.2) is 19.3 Å². The SMILES string of the molecule is C.C.C.C[C@@]12CN=CCC=[N+]1CCC#[N+]2. The molecule has 86 valence electrons. The van der Waals surface area contributed by atoms with Crippen molar-refractivity contribution in [3.63, 3.8) is 0 Å². The first-order valence-corrected chi connectivity index (χ1v) is 4.34. The van der Waals surface area contributed by atoms with Gasteiger partial charge in [-0.2, -0.15) is 4.58 Å². The van der Waals surface area contributed by atoms with Crippen molar-refractivity contribution in [1.29, 1.82) is 0 Å². The van der Waals surface area contributed by atoms with E-state index < -0.39 is 0 Å². The van der Waals surface area contributed by atoms with Crippen molar-refractivity contribution in [2.75, 3.05) is 13.1 Å². The predicted molar refractivity (Wildman–Crippen MR) is 69.6 cm³/mol. The van der Waals surface area contributed by atoms with Gasteiger partial charge in [-0.05, 0) is 4.85 Å². The fourth-order valence-electron chi connectivity index (χ4n) is 1.60. The van der Waals surface area contributed by atoms with Crippen molar-refractivity contribution in [1.82, 2.24) is 0 Å². The minimum Gasteiger partial charge on any atom is -0.280 e. The van der Waals surface area contributed by atoms with Gasteiger partial charge in [-0.25, -0.2) is 0 Å². The molecule has 0 radical (unpaired) electrons. The van der Waals surface area contributed by atoms with Gasteiger partial charge in [0.05, 0.1) is 13.3 Å². The number of aliphatic imine (C=N–C) groups is 1. The molecule has 3 heteroatoms. The van der Waals surface area contributed by atoms with E-state index >= 15 is 0 Å². The topological polar surface area (TPSA) is 19.7 Å². The first-order valence-electron chi connectivity index (χ1n) is 4.34. The summed E-state index contributed by atoms with van der Waals surface area (Å²) in [5, 5.41) is 0. The van der Waals surface area contributed by atoms with E-state index in [0.29, 0.717) is 0 Å². The fourth-order valence-corrected chi connectivity index (χ4v) is 1.60. The Kier molecular flexibility index (Phi) is 6.87. The van der Waals surface area contributed by atoms with Crippen LogP contribution in [0.3, 0.4) is 0 Å². The standard InChI is InChI=1S/C9H13N3.3CH4/c1-9-8-10-4-2-6-12(9)7-3-5-11-9;;;/h4,6H,2-3,7-8H2,1H3;3*1H4/q+2;;;/t9-;;;/m0.../s1. The van der Waals surface area contributed by atoms with E-state index in [9.17, 15) is 0 Å². The van der Waals surface area contributed by atoms with Gasteiger partial charge in [0.25, 0.3) is 6.07 Å². The Morgan fingerprint density at radius 1 is 1.40 bits per heavy atom. The zero-order valence-corrected chi connectivity index (χ0v) is 7.32. The minimum atomic E-state index is -0.148. The molecular weight excluding hydrogens is 186 g/mol. The van der Waals surface area contributed by atoms with Crippen molar-refractivity contribution in [2.24, 2.45) is 4.99 Å². The second-order valence-electron chi connectivity index (χ2n) is 3.37. The summed E-state index contributed by atoms with van der Waals surface area (Å²) in [4.78, 5) is 8.67. The van der Waals surface area contributed by atoms with E-state index in [1.807, 2.05) is 6.21 Å². The summed E-state index contributed by atoms with van der Waals surface area (Å²) >= 11 is 0. The van der Waals surface area contributed by atoms with Crippen molar-refractivity contribution >= 4 is 12.4 Å². The maximum Gasteiger partial charge on any atom is 0.477 e. The molecule has 2 aliphatic rings. The zero-order chi connectivity index (χ0) is 8.44. The monoisotopic (exact) mass is 211 g/mol. The first-order chi connectivity index (χ1) is 5.81. The zero-order valence-electron chi connectivity index (χ0n) is 7.32. The average Bonchev–Trinajstić information content (AvgIpc) is 2.25. The van der Waals surface area contributed by atoms with Gasteiger partial charge in [-0.1, -0.05) is 22.3 Å². The van der Waals surface area contributed by atoms with Gasteiger partial charge in [0, 0.05) is 6.21 Å². The molecule has 0 aromatic heterocycles. The van der Waals surface area contributed by atoms with Gasteiger partial charge in [-0.3, -0.25) is 4.99 Å². The molecule has 0 amide bonds. The minimum absolute atomic E-state index is 0. The van der Waals surface area contributed by atoms with Gasteiger partial charge in [0.1, 0.15) is 6.42 Å². The molecule has 2 aliphatic heterocycles. The van der Waals surface area contributed by atoms with Crippen LogP contribution >= 0.6 is 0 Å². The summed E-state index contributed by atoms with van der Waals surface area (Å²) in [5.74, 6) is 0. The molecule has 0 aromatic carbocycles. The lowest BCUT2D eigenvalue weighted by Crippen LogP contribution is -2.41. The highest BCUT2D eigenvalue weighted by atomic mass is 15.2. The number of hydrogen-bond donors (Lipinski definition) is 0. The van der Waals surface area contributed by atoms with Crippen LogP contribution in [0.2, 0.25) is 0 Å². The molecule has 0 saturated carbocycles. The third-order valence-electron chi connectivity index (χ3n) is 2.35. The molecule has 0 fully saturated rings. The molecule has 3 nitrogen and oxygen atoms in total. The normalized spacial score (nSPS) is 26.1. The summed E-state index contributed by atoms with van der Waals surface area (Å²) < 4.78 is 2.27. The van der Waals surface area contributed by atoms with Crippen LogP contribution in [-0.4, -0.2) is 35.8 Å². The number of fused-ring (bicyclic) bond motifs is 1. The Morgan fingerprint density at radius 2 is 2.13 bits per heavy atom. The molecule has 0 unspecified atom stereocenters. The summed E-state index contributed by atoms with van der Waals surface area (Å²) in [5.41, 5.74) is -0.148. The second-order valence-corrected chi connectivity index (χ2v) is 3.37. The highest BCUT2D eigenvalue weighted by Gasteiger charge is 2.48. The highest BCUT2D eigenvalue weighted by Crippen LogP contribution is 2.17. The number of hydrogen-bond acceptors (Lipinski definition) is 1. The largest absolute Gasteiger partial charge is 0.477 e.